The average Bonchev–Trinajstić information content (AvgIpc) is 2.10. The van der Waals surface area contributed by atoms with E-state index in [1.807, 2.05) is 13.8 Å². The molecular formula is C10H16F3NO3. The first-order valence-electron chi connectivity index (χ1n) is 5.29. The van der Waals surface area contributed by atoms with Crippen LogP contribution in [-0.4, -0.2) is 54.0 Å². The molecule has 7 heteroatoms. The van der Waals surface area contributed by atoms with Gasteiger partial charge in [-0.1, -0.05) is 13.8 Å². The van der Waals surface area contributed by atoms with Crippen LogP contribution in [0.4, 0.5) is 13.2 Å². The fraction of sp³-hybridized carbons (Fsp3) is 0.900. The van der Waals surface area contributed by atoms with Crippen LogP contribution in [0.25, 0.3) is 0 Å². The first-order valence-corrected chi connectivity index (χ1v) is 5.29. The van der Waals surface area contributed by atoms with E-state index in [2.05, 4.69) is 4.74 Å². The molecule has 0 aromatic heterocycles. The minimum absolute atomic E-state index is 0.00245. The zero-order chi connectivity index (χ0) is 13.3. The second-order valence-corrected chi connectivity index (χ2v) is 4.62. The Morgan fingerprint density at radius 2 is 2.00 bits per heavy atom. The summed E-state index contributed by atoms with van der Waals surface area (Å²) in [6.07, 6.45) is -4.42. The molecule has 100 valence electrons. The standard InChI is InChI=1S/C10H16F3NO3/c1-7(2)9(16)4-14(5-9)8(15)3-17-6-10(11,12)13/h7,16H,3-6H2,1-2H3. The lowest BCUT2D eigenvalue weighted by atomic mass is 9.83. The average molecular weight is 255 g/mol. The Labute approximate surface area is 97.3 Å². The first-order chi connectivity index (χ1) is 7.64. The zero-order valence-electron chi connectivity index (χ0n) is 9.75. The van der Waals surface area contributed by atoms with Crippen LogP contribution in [0.1, 0.15) is 13.8 Å². The molecule has 0 aromatic carbocycles. The lowest BCUT2D eigenvalue weighted by molar-refractivity contribution is -0.186. The fourth-order valence-electron chi connectivity index (χ4n) is 1.50. The van der Waals surface area contributed by atoms with Crippen LogP contribution in [0.3, 0.4) is 0 Å². The van der Waals surface area contributed by atoms with Gasteiger partial charge in [0.2, 0.25) is 5.91 Å². The number of nitrogens with zero attached hydrogens (tertiary/aromatic N) is 1. The normalized spacial score (nSPS) is 19.4. The zero-order valence-corrected chi connectivity index (χ0v) is 9.75. The number of carbonyl (C=O) groups is 1. The van der Waals surface area contributed by atoms with E-state index in [0.29, 0.717) is 0 Å². The van der Waals surface area contributed by atoms with E-state index in [0.717, 1.165) is 0 Å². The van der Waals surface area contributed by atoms with Crippen molar-refractivity contribution < 1.29 is 27.8 Å². The number of hydrogen-bond donors (Lipinski definition) is 1. The van der Waals surface area contributed by atoms with E-state index in [4.69, 9.17) is 0 Å². The Kier molecular flexibility index (Phi) is 4.03. The summed E-state index contributed by atoms with van der Waals surface area (Å²) in [5.74, 6) is -0.526. The molecule has 0 saturated carbocycles. The van der Waals surface area contributed by atoms with Crippen molar-refractivity contribution in [3.8, 4) is 0 Å². The van der Waals surface area contributed by atoms with E-state index in [9.17, 15) is 23.1 Å². The van der Waals surface area contributed by atoms with Gasteiger partial charge in [0.1, 0.15) is 18.8 Å². The van der Waals surface area contributed by atoms with Crippen LogP contribution in [-0.2, 0) is 9.53 Å². The van der Waals surface area contributed by atoms with Crippen molar-refractivity contribution in [2.75, 3.05) is 26.3 Å². The third kappa shape index (κ3) is 3.85. The van der Waals surface area contributed by atoms with E-state index >= 15 is 0 Å². The summed E-state index contributed by atoms with van der Waals surface area (Å²) in [6.45, 7) is 1.91. The highest BCUT2D eigenvalue weighted by molar-refractivity contribution is 5.78. The van der Waals surface area contributed by atoms with Crippen molar-refractivity contribution in [1.29, 1.82) is 0 Å². The van der Waals surface area contributed by atoms with Gasteiger partial charge in [-0.25, -0.2) is 0 Å². The van der Waals surface area contributed by atoms with E-state index < -0.39 is 30.9 Å². The molecule has 1 aliphatic heterocycles. The van der Waals surface area contributed by atoms with Gasteiger partial charge in [-0.2, -0.15) is 13.2 Å². The second kappa shape index (κ2) is 4.81. The molecule has 1 rings (SSSR count). The molecule has 0 atom stereocenters. The fourth-order valence-corrected chi connectivity index (χ4v) is 1.50. The molecule has 1 saturated heterocycles. The molecule has 0 aromatic rings. The minimum Gasteiger partial charge on any atom is -0.386 e. The molecule has 0 radical (unpaired) electrons. The van der Waals surface area contributed by atoms with Crippen molar-refractivity contribution >= 4 is 5.91 Å². The number of alkyl halides is 3. The predicted octanol–water partition coefficient (Wildman–Crippen LogP) is 0.795. The van der Waals surface area contributed by atoms with Crippen LogP contribution < -0.4 is 0 Å². The van der Waals surface area contributed by atoms with Crippen molar-refractivity contribution in [3.63, 3.8) is 0 Å². The van der Waals surface area contributed by atoms with Gasteiger partial charge in [-0.05, 0) is 5.92 Å². The van der Waals surface area contributed by atoms with Crippen LogP contribution in [0, 0.1) is 5.92 Å². The number of hydrogen-bond acceptors (Lipinski definition) is 3. The molecule has 1 aliphatic rings. The van der Waals surface area contributed by atoms with Gasteiger partial charge in [0, 0.05) is 0 Å². The van der Waals surface area contributed by atoms with Gasteiger partial charge in [-0.3, -0.25) is 4.79 Å². The maximum atomic E-state index is 11.7. The number of ether oxygens (including phenoxy) is 1. The molecule has 17 heavy (non-hydrogen) atoms. The van der Waals surface area contributed by atoms with Crippen LogP contribution >= 0.6 is 0 Å². The largest absolute Gasteiger partial charge is 0.411 e. The molecule has 0 aliphatic carbocycles. The Balaban J connectivity index is 2.24. The number of rotatable bonds is 4. The van der Waals surface area contributed by atoms with Crippen molar-refractivity contribution in [1.82, 2.24) is 4.90 Å². The smallest absolute Gasteiger partial charge is 0.386 e. The second-order valence-electron chi connectivity index (χ2n) is 4.62. The predicted molar refractivity (Wildman–Crippen MR) is 53.2 cm³/mol. The number of carbonyl (C=O) groups excluding carboxylic acids is 1. The third-order valence-electron chi connectivity index (χ3n) is 2.85. The molecule has 1 fully saturated rings. The molecule has 1 heterocycles. The summed E-state index contributed by atoms with van der Waals surface area (Å²) in [5.41, 5.74) is -0.917. The maximum Gasteiger partial charge on any atom is 0.411 e. The number of β-amino-alcohol motifs (C(OH)–C–C–N with tert-alkyl or cyclic N) is 1. The highest BCUT2D eigenvalue weighted by atomic mass is 19.4. The third-order valence-corrected chi connectivity index (χ3v) is 2.85. The number of halogens is 3. The molecule has 0 unspecified atom stereocenters. The summed E-state index contributed by atoms with van der Waals surface area (Å²) in [5, 5.41) is 9.85. The Bertz CT molecular complexity index is 285. The van der Waals surface area contributed by atoms with Crippen molar-refractivity contribution in [2.24, 2.45) is 5.92 Å². The first kappa shape index (κ1) is 14.2. The highest BCUT2D eigenvalue weighted by Gasteiger charge is 2.45. The molecule has 0 bridgehead atoms. The van der Waals surface area contributed by atoms with Gasteiger partial charge in [0.15, 0.2) is 0 Å². The topological polar surface area (TPSA) is 49.8 Å². The molecule has 1 amide bonds. The van der Waals surface area contributed by atoms with Crippen LogP contribution in [0.2, 0.25) is 0 Å². The SMILES string of the molecule is CC(C)C1(O)CN(C(=O)COCC(F)(F)F)C1. The van der Waals surface area contributed by atoms with Gasteiger partial charge in [0.25, 0.3) is 0 Å². The van der Waals surface area contributed by atoms with E-state index in [-0.39, 0.29) is 19.0 Å². The van der Waals surface area contributed by atoms with Crippen LogP contribution in [0.5, 0.6) is 0 Å². The maximum absolute atomic E-state index is 11.7. The van der Waals surface area contributed by atoms with Crippen molar-refractivity contribution in [3.05, 3.63) is 0 Å². The Morgan fingerprint density at radius 1 is 1.47 bits per heavy atom. The summed E-state index contributed by atoms with van der Waals surface area (Å²) in [6, 6.07) is 0. The quantitative estimate of drug-likeness (QED) is 0.808. The molecular weight excluding hydrogens is 239 g/mol. The molecule has 4 nitrogen and oxygen atoms in total. The highest BCUT2D eigenvalue weighted by Crippen LogP contribution is 2.28. The summed E-state index contributed by atoms with van der Waals surface area (Å²) >= 11 is 0. The lowest BCUT2D eigenvalue weighted by Crippen LogP contribution is -2.66. The van der Waals surface area contributed by atoms with Gasteiger partial charge in [-0.15, -0.1) is 0 Å². The lowest BCUT2D eigenvalue weighted by Gasteiger charge is -2.48. The monoisotopic (exact) mass is 255 g/mol. The van der Waals surface area contributed by atoms with Gasteiger partial charge < -0.3 is 14.7 Å². The van der Waals surface area contributed by atoms with Crippen LogP contribution in [0.15, 0.2) is 0 Å². The molecule has 0 spiro atoms. The summed E-state index contributed by atoms with van der Waals surface area (Å²) < 4.78 is 39.5. The number of aliphatic hydroxyl groups is 1. The molecule has 1 N–H and O–H groups in total. The van der Waals surface area contributed by atoms with Gasteiger partial charge >= 0.3 is 6.18 Å². The summed E-state index contributed by atoms with van der Waals surface area (Å²) in [7, 11) is 0. The Hall–Kier alpha value is -0.820. The van der Waals surface area contributed by atoms with E-state index in [1.54, 1.807) is 0 Å². The minimum atomic E-state index is -4.42. The van der Waals surface area contributed by atoms with Crippen molar-refractivity contribution in [2.45, 2.75) is 25.6 Å². The number of amides is 1. The van der Waals surface area contributed by atoms with E-state index in [1.165, 1.54) is 4.90 Å². The van der Waals surface area contributed by atoms with Gasteiger partial charge in [0.05, 0.1) is 13.1 Å². The summed E-state index contributed by atoms with van der Waals surface area (Å²) in [4.78, 5) is 12.6. The number of likely N-dealkylation sites (tertiary alicyclic amines) is 1. The Morgan fingerprint density at radius 3 is 2.41 bits per heavy atom.